The third kappa shape index (κ3) is 2.05. The highest BCUT2D eigenvalue weighted by molar-refractivity contribution is 5.06. The van der Waals surface area contributed by atoms with Crippen molar-refractivity contribution < 1.29 is 9.84 Å². The fourth-order valence-electron chi connectivity index (χ4n) is 2.66. The van der Waals surface area contributed by atoms with Gasteiger partial charge in [-0.25, -0.2) is 0 Å². The van der Waals surface area contributed by atoms with Crippen LogP contribution in [0.3, 0.4) is 0 Å². The van der Waals surface area contributed by atoms with Gasteiger partial charge in [-0.1, -0.05) is 0 Å². The normalized spacial score (nSPS) is 38.3. The summed E-state index contributed by atoms with van der Waals surface area (Å²) in [4.78, 5) is 0. The zero-order valence-electron chi connectivity index (χ0n) is 8.20. The standard InChI is InChI=1S/C11H18O2/c1-2-13-11-6-8-3-9(7-11)5-10(12)4-8/h6,8-10,12H,2-5,7H2,1H3. The van der Waals surface area contributed by atoms with E-state index in [2.05, 4.69) is 6.08 Å². The first kappa shape index (κ1) is 9.07. The molecule has 0 aromatic carbocycles. The van der Waals surface area contributed by atoms with Crippen LogP contribution in [0, 0.1) is 11.8 Å². The number of rotatable bonds is 2. The lowest BCUT2D eigenvalue weighted by Crippen LogP contribution is -2.29. The molecule has 2 bridgehead atoms. The molecule has 3 atom stereocenters. The van der Waals surface area contributed by atoms with Crippen molar-refractivity contribution in [1.29, 1.82) is 0 Å². The summed E-state index contributed by atoms with van der Waals surface area (Å²) in [5, 5.41) is 9.56. The molecule has 0 amide bonds. The van der Waals surface area contributed by atoms with E-state index in [0.29, 0.717) is 11.8 Å². The first-order valence-electron chi connectivity index (χ1n) is 5.29. The van der Waals surface area contributed by atoms with Crippen molar-refractivity contribution in [1.82, 2.24) is 0 Å². The summed E-state index contributed by atoms with van der Waals surface area (Å²) in [6, 6.07) is 0. The minimum atomic E-state index is -0.0665. The summed E-state index contributed by atoms with van der Waals surface area (Å²) in [5.41, 5.74) is 0. The molecule has 2 nitrogen and oxygen atoms in total. The zero-order chi connectivity index (χ0) is 9.26. The van der Waals surface area contributed by atoms with Gasteiger partial charge in [-0.2, -0.15) is 0 Å². The molecule has 74 valence electrons. The smallest absolute Gasteiger partial charge is 0.0925 e. The molecule has 1 saturated carbocycles. The molecule has 2 heteroatoms. The van der Waals surface area contributed by atoms with Crippen molar-refractivity contribution in [2.45, 2.75) is 38.7 Å². The molecule has 0 aromatic heterocycles. The Morgan fingerprint density at radius 2 is 2.31 bits per heavy atom. The van der Waals surface area contributed by atoms with E-state index in [4.69, 9.17) is 4.74 Å². The van der Waals surface area contributed by atoms with Gasteiger partial charge < -0.3 is 9.84 Å². The van der Waals surface area contributed by atoms with Crippen LogP contribution in [0.4, 0.5) is 0 Å². The first-order chi connectivity index (χ1) is 6.28. The van der Waals surface area contributed by atoms with Crippen LogP contribution in [0.1, 0.15) is 32.6 Å². The van der Waals surface area contributed by atoms with Gasteiger partial charge >= 0.3 is 0 Å². The summed E-state index contributed by atoms with van der Waals surface area (Å²) in [6.45, 7) is 2.80. The number of aliphatic hydroxyl groups excluding tert-OH is 1. The lowest BCUT2D eigenvalue weighted by Gasteiger charge is -2.35. The number of allylic oxidation sites excluding steroid dienone is 2. The van der Waals surface area contributed by atoms with Crippen molar-refractivity contribution in [3.8, 4) is 0 Å². The Hall–Kier alpha value is -0.500. The Labute approximate surface area is 79.6 Å². The number of fused-ring (bicyclic) bond motifs is 2. The molecule has 1 N–H and O–H groups in total. The molecule has 2 aliphatic carbocycles. The third-order valence-electron chi connectivity index (χ3n) is 3.06. The van der Waals surface area contributed by atoms with Crippen molar-refractivity contribution in [2.24, 2.45) is 11.8 Å². The van der Waals surface area contributed by atoms with E-state index in [1.807, 2.05) is 6.92 Å². The van der Waals surface area contributed by atoms with E-state index in [9.17, 15) is 5.11 Å². The lowest BCUT2D eigenvalue weighted by atomic mass is 9.74. The van der Waals surface area contributed by atoms with Gasteiger partial charge in [0.1, 0.15) is 0 Å². The van der Waals surface area contributed by atoms with E-state index < -0.39 is 0 Å². The predicted octanol–water partition coefficient (Wildman–Crippen LogP) is 2.09. The molecule has 3 unspecified atom stereocenters. The fourth-order valence-corrected chi connectivity index (χ4v) is 2.66. The molecule has 0 saturated heterocycles. The molecule has 0 radical (unpaired) electrons. The van der Waals surface area contributed by atoms with Crippen molar-refractivity contribution in [3.63, 3.8) is 0 Å². The Morgan fingerprint density at radius 1 is 1.46 bits per heavy atom. The fraction of sp³-hybridized carbons (Fsp3) is 0.818. The van der Waals surface area contributed by atoms with Crippen LogP contribution < -0.4 is 0 Å². The molecule has 2 aliphatic rings. The second-order valence-electron chi connectivity index (χ2n) is 4.26. The van der Waals surface area contributed by atoms with Crippen molar-refractivity contribution in [2.75, 3.05) is 6.61 Å². The second-order valence-corrected chi connectivity index (χ2v) is 4.26. The maximum absolute atomic E-state index is 9.56. The Bertz CT molecular complexity index is 210. The topological polar surface area (TPSA) is 29.5 Å². The molecular weight excluding hydrogens is 164 g/mol. The number of ether oxygens (including phenoxy) is 1. The zero-order valence-corrected chi connectivity index (χ0v) is 8.20. The number of aliphatic hydroxyl groups is 1. The van der Waals surface area contributed by atoms with Crippen LogP contribution in [0.2, 0.25) is 0 Å². The van der Waals surface area contributed by atoms with Gasteiger partial charge in [0.25, 0.3) is 0 Å². The van der Waals surface area contributed by atoms with Gasteiger partial charge in [0, 0.05) is 6.42 Å². The summed E-state index contributed by atoms with van der Waals surface area (Å²) in [7, 11) is 0. The largest absolute Gasteiger partial charge is 0.499 e. The molecule has 13 heavy (non-hydrogen) atoms. The van der Waals surface area contributed by atoms with Crippen molar-refractivity contribution >= 4 is 0 Å². The molecule has 0 aromatic rings. The number of hydrogen-bond donors (Lipinski definition) is 1. The predicted molar refractivity (Wildman–Crippen MR) is 51.2 cm³/mol. The highest BCUT2D eigenvalue weighted by Gasteiger charge is 2.31. The van der Waals surface area contributed by atoms with E-state index in [0.717, 1.165) is 31.6 Å². The molecule has 2 rings (SSSR count). The van der Waals surface area contributed by atoms with Gasteiger partial charge in [-0.05, 0) is 44.1 Å². The third-order valence-corrected chi connectivity index (χ3v) is 3.06. The van der Waals surface area contributed by atoms with Crippen LogP contribution in [-0.2, 0) is 4.74 Å². The molecule has 0 heterocycles. The summed E-state index contributed by atoms with van der Waals surface area (Å²) < 4.78 is 5.53. The van der Waals surface area contributed by atoms with Gasteiger partial charge in [0.05, 0.1) is 18.5 Å². The van der Waals surface area contributed by atoms with Crippen LogP contribution in [0.15, 0.2) is 11.8 Å². The summed E-state index contributed by atoms with van der Waals surface area (Å²) in [5.74, 6) is 2.40. The average Bonchev–Trinajstić information content (AvgIpc) is 2.01. The average molecular weight is 182 g/mol. The van der Waals surface area contributed by atoms with Crippen LogP contribution in [0.5, 0.6) is 0 Å². The highest BCUT2D eigenvalue weighted by atomic mass is 16.5. The second kappa shape index (κ2) is 3.70. The van der Waals surface area contributed by atoms with E-state index >= 15 is 0 Å². The van der Waals surface area contributed by atoms with E-state index in [1.165, 1.54) is 6.42 Å². The Balaban J connectivity index is 2.03. The molecule has 0 spiro atoms. The lowest BCUT2D eigenvalue weighted by molar-refractivity contribution is 0.0634. The first-order valence-corrected chi connectivity index (χ1v) is 5.29. The summed E-state index contributed by atoms with van der Waals surface area (Å²) in [6.07, 6.45) is 6.37. The molecule has 1 fully saturated rings. The number of hydrogen-bond acceptors (Lipinski definition) is 2. The van der Waals surface area contributed by atoms with Gasteiger partial charge in [0.15, 0.2) is 0 Å². The monoisotopic (exact) mass is 182 g/mol. The highest BCUT2D eigenvalue weighted by Crippen LogP contribution is 2.39. The van der Waals surface area contributed by atoms with E-state index in [-0.39, 0.29) is 6.10 Å². The Kier molecular flexibility index (Phi) is 2.58. The minimum absolute atomic E-state index is 0.0665. The minimum Gasteiger partial charge on any atom is -0.499 e. The maximum Gasteiger partial charge on any atom is 0.0925 e. The SMILES string of the molecule is CCOC1=CC2CC(O)CC(C1)C2. The van der Waals surface area contributed by atoms with Crippen molar-refractivity contribution in [3.05, 3.63) is 11.8 Å². The summed E-state index contributed by atoms with van der Waals surface area (Å²) >= 11 is 0. The van der Waals surface area contributed by atoms with E-state index in [1.54, 1.807) is 0 Å². The molecular formula is C11H18O2. The van der Waals surface area contributed by atoms with Crippen LogP contribution >= 0.6 is 0 Å². The Morgan fingerprint density at radius 3 is 3.00 bits per heavy atom. The van der Waals surface area contributed by atoms with Gasteiger partial charge in [0.2, 0.25) is 0 Å². The molecule has 0 aliphatic heterocycles. The quantitative estimate of drug-likeness (QED) is 0.708. The maximum atomic E-state index is 9.56. The van der Waals surface area contributed by atoms with Gasteiger partial charge in [-0.3, -0.25) is 0 Å². The van der Waals surface area contributed by atoms with Crippen LogP contribution in [0.25, 0.3) is 0 Å². The van der Waals surface area contributed by atoms with Gasteiger partial charge in [-0.15, -0.1) is 0 Å². The van der Waals surface area contributed by atoms with Crippen LogP contribution in [-0.4, -0.2) is 17.8 Å².